The second-order valence-corrected chi connectivity index (χ2v) is 8.34. The van der Waals surface area contributed by atoms with Gasteiger partial charge in [0.15, 0.2) is 5.96 Å². The Bertz CT molecular complexity index is 329. The highest BCUT2D eigenvalue weighted by molar-refractivity contribution is 14.0. The monoisotopic (exact) mass is 456 g/mol. The number of piperidine rings is 1. The molecule has 1 saturated heterocycles. The van der Waals surface area contributed by atoms with Crippen molar-refractivity contribution in [2.45, 2.75) is 51.7 Å². The zero-order valence-corrected chi connectivity index (χ0v) is 18.8. The summed E-state index contributed by atoms with van der Waals surface area (Å²) in [6.07, 6.45) is 6.04. The zero-order chi connectivity index (χ0) is 16.4. The van der Waals surface area contributed by atoms with Crippen molar-refractivity contribution in [1.29, 1.82) is 0 Å². The molecule has 1 aliphatic heterocycles. The van der Waals surface area contributed by atoms with Crippen LogP contribution in [0.15, 0.2) is 4.99 Å². The van der Waals surface area contributed by atoms with Crippen LogP contribution in [-0.2, 0) is 0 Å². The van der Waals surface area contributed by atoms with E-state index in [1.165, 1.54) is 38.9 Å². The van der Waals surface area contributed by atoms with Crippen LogP contribution in [0.2, 0.25) is 0 Å². The van der Waals surface area contributed by atoms with Crippen molar-refractivity contribution in [3.05, 3.63) is 0 Å². The minimum atomic E-state index is 0. The quantitative estimate of drug-likeness (QED) is 0.334. The third kappa shape index (κ3) is 10.0. The van der Waals surface area contributed by atoms with Gasteiger partial charge in [-0.05, 0) is 71.8 Å². The molecule has 23 heavy (non-hydrogen) atoms. The molecule has 0 atom stereocenters. The Hall–Kier alpha value is 0.310. The molecule has 138 valence electrons. The standard InChI is InChI=1S/C17H36N4S.HI/c1-6-10-21-11-8-15(9-12-21)13-19-16(18-7-2)20-14-17(3,4)22-5;/h15H,6-14H2,1-5H3,(H2,18,19,20);1H. The van der Waals surface area contributed by atoms with E-state index in [9.17, 15) is 0 Å². The fourth-order valence-electron chi connectivity index (χ4n) is 2.65. The minimum absolute atomic E-state index is 0. The molecule has 1 aliphatic rings. The number of aliphatic imine (C=N–C) groups is 1. The number of guanidine groups is 1. The van der Waals surface area contributed by atoms with Gasteiger partial charge in [-0.1, -0.05) is 6.92 Å². The predicted octanol–water partition coefficient (Wildman–Crippen LogP) is 3.42. The molecule has 2 N–H and O–H groups in total. The van der Waals surface area contributed by atoms with Gasteiger partial charge in [-0.3, -0.25) is 4.99 Å². The maximum Gasteiger partial charge on any atom is 0.191 e. The predicted molar refractivity (Wildman–Crippen MR) is 116 cm³/mol. The lowest BCUT2D eigenvalue weighted by molar-refractivity contribution is 0.185. The van der Waals surface area contributed by atoms with E-state index >= 15 is 0 Å². The summed E-state index contributed by atoms with van der Waals surface area (Å²) in [5.41, 5.74) is 0. The Kier molecular flexibility index (Phi) is 12.8. The van der Waals surface area contributed by atoms with Crippen molar-refractivity contribution in [2.24, 2.45) is 10.9 Å². The molecule has 0 aromatic rings. The van der Waals surface area contributed by atoms with Gasteiger partial charge < -0.3 is 15.5 Å². The summed E-state index contributed by atoms with van der Waals surface area (Å²) in [5, 5.41) is 6.91. The maximum atomic E-state index is 4.75. The fraction of sp³-hybridized carbons (Fsp3) is 0.941. The first-order valence-electron chi connectivity index (χ1n) is 8.80. The number of nitrogens with one attached hydrogen (secondary N) is 2. The second kappa shape index (κ2) is 12.6. The van der Waals surface area contributed by atoms with Gasteiger partial charge in [-0.2, -0.15) is 11.8 Å². The van der Waals surface area contributed by atoms with Crippen molar-refractivity contribution in [1.82, 2.24) is 15.5 Å². The van der Waals surface area contributed by atoms with Crippen LogP contribution in [0.3, 0.4) is 0 Å². The minimum Gasteiger partial charge on any atom is -0.357 e. The third-order valence-electron chi connectivity index (χ3n) is 4.32. The van der Waals surface area contributed by atoms with Gasteiger partial charge in [0.1, 0.15) is 0 Å². The van der Waals surface area contributed by atoms with Crippen LogP contribution in [-0.4, -0.2) is 61.1 Å². The first-order chi connectivity index (χ1) is 10.5. The first kappa shape index (κ1) is 23.3. The van der Waals surface area contributed by atoms with Crippen LogP contribution in [0, 0.1) is 5.92 Å². The lowest BCUT2D eigenvalue weighted by atomic mass is 9.97. The number of hydrogen-bond donors (Lipinski definition) is 2. The largest absolute Gasteiger partial charge is 0.357 e. The molecule has 0 radical (unpaired) electrons. The van der Waals surface area contributed by atoms with Gasteiger partial charge in [0.05, 0.1) is 6.54 Å². The van der Waals surface area contributed by atoms with E-state index in [1.807, 2.05) is 11.8 Å². The number of nitrogens with zero attached hydrogens (tertiary/aromatic N) is 2. The van der Waals surface area contributed by atoms with Crippen molar-refractivity contribution in [3.63, 3.8) is 0 Å². The van der Waals surface area contributed by atoms with Gasteiger partial charge in [0, 0.05) is 17.8 Å². The van der Waals surface area contributed by atoms with E-state index in [0.717, 1.165) is 31.5 Å². The molecule has 1 rings (SSSR count). The number of halogens is 1. The SMILES string of the molecule is CCCN1CCC(CNC(=NCC(C)(C)SC)NCC)CC1.I. The molecule has 6 heteroatoms. The Labute approximate surface area is 165 Å². The van der Waals surface area contributed by atoms with E-state index in [4.69, 9.17) is 4.99 Å². The second-order valence-electron chi connectivity index (χ2n) is 6.82. The first-order valence-corrected chi connectivity index (χ1v) is 10.0. The van der Waals surface area contributed by atoms with E-state index in [0.29, 0.717) is 0 Å². The molecule has 0 amide bonds. The Balaban J connectivity index is 0.00000484. The molecular weight excluding hydrogens is 419 g/mol. The summed E-state index contributed by atoms with van der Waals surface area (Å²) in [5.74, 6) is 1.76. The molecule has 0 bridgehead atoms. The Morgan fingerprint density at radius 1 is 1.22 bits per heavy atom. The highest BCUT2D eigenvalue weighted by Gasteiger charge is 2.19. The highest BCUT2D eigenvalue weighted by atomic mass is 127. The molecule has 0 spiro atoms. The Morgan fingerprint density at radius 3 is 2.39 bits per heavy atom. The molecular formula is C17H37IN4S. The normalized spacial score (nSPS) is 17.7. The molecule has 1 heterocycles. The summed E-state index contributed by atoms with van der Waals surface area (Å²) >= 11 is 1.87. The van der Waals surface area contributed by atoms with Gasteiger partial charge in [-0.15, -0.1) is 24.0 Å². The molecule has 0 saturated carbocycles. The van der Waals surface area contributed by atoms with Crippen LogP contribution < -0.4 is 10.6 Å². The molecule has 0 unspecified atom stereocenters. The molecule has 0 aliphatic carbocycles. The summed E-state index contributed by atoms with van der Waals surface area (Å²) in [6.45, 7) is 15.5. The van der Waals surface area contributed by atoms with Crippen LogP contribution in [0.4, 0.5) is 0 Å². The van der Waals surface area contributed by atoms with Crippen LogP contribution in [0.1, 0.15) is 47.0 Å². The summed E-state index contributed by atoms with van der Waals surface area (Å²) < 4.78 is 0.202. The van der Waals surface area contributed by atoms with Crippen molar-refractivity contribution >= 4 is 41.7 Å². The van der Waals surface area contributed by atoms with Gasteiger partial charge in [-0.25, -0.2) is 0 Å². The number of hydrogen-bond acceptors (Lipinski definition) is 3. The lowest BCUT2D eigenvalue weighted by Crippen LogP contribution is -2.43. The smallest absolute Gasteiger partial charge is 0.191 e. The van der Waals surface area contributed by atoms with E-state index < -0.39 is 0 Å². The fourth-order valence-corrected chi connectivity index (χ4v) is 2.84. The zero-order valence-electron chi connectivity index (χ0n) is 15.7. The van der Waals surface area contributed by atoms with Crippen molar-refractivity contribution in [3.8, 4) is 0 Å². The van der Waals surface area contributed by atoms with Gasteiger partial charge >= 0.3 is 0 Å². The number of thioether (sulfide) groups is 1. The number of rotatable bonds is 8. The maximum absolute atomic E-state index is 4.75. The lowest BCUT2D eigenvalue weighted by Gasteiger charge is -2.32. The van der Waals surface area contributed by atoms with E-state index in [-0.39, 0.29) is 28.7 Å². The topological polar surface area (TPSA) is 39.7 Å². The van der Waals surface area contributed by atoms with E-state index in [2.05, 4.69) is 49.5 Å². The van der Waals surface area contributed by atoms with Crippen molar-refractivity contribution in [2.75, 3.05) is 45.5 Å². The average Bonchev–Trinajstić information content (AvgIpc) is 2.52. The number of likely N-dealkylation sites (tertiary alicyclic amines) is 1. The highest BCUT2D eigenvalue weighted by Crippen LogP contribution is 2.21. The summed E-state index contributed by atoms with van der Waals surface area (Å²) in [6, 6.07) is 0. The van der Waals surface area contributed by atoms with Crippen LogP contribution >= 0.6 is 35.7 Å². The average molecular weight is 456 g/mol. The van der Waals surface area contributed by atoms with Crippen molar-refractivity contribution < 1.29 is 0 Å². The molecule has 0 aromatic carbocycles. The molecule has 4 nitrogen and oxygen atoms in total. The third-order valence-corrected chi connectivity index (χ3v) is 5.55. The van der Waals surface area contributed by atoms with Gasteiger partial charge in [0.25, 0.3) is 0 Å². The summed E-state index contributed by atoms with van der Waals surface area (Å²) in [4.78, 5) is 7.34. The van der Waals surface area contributed by atoms with Gasteiger partial charge in [0.2, 0.25) is 0 Å². The van der Waals surface area contributed by atoms with E-state index in [1.54, 1.807) is 0 Å². The van der Waals surface area contributed by atoms with Crippen LogP contribution in [0.25, 0.3) is 0 Å². The molecule has 1 fully saturated rings. The summed E-state index contributed by atoms with van der Waals surface area (Å²) in [7, 11) is 0. The Morgan fingerprint density at radius 2 is 1.87 bits per heavy atom. The van der Waals surface area contributed by atoms with Crippen LogP contribution in [0.5, 0.6) is 0 Å². The molecule has 0 aromatic heterocycles.